The SMILES string of the molecule is O=C(Nc1cccc(OCCN2CCCC2)c1)Nc1ncc(CCNc2ncnc3c2SCC3)s1. The number of ether oxygens (including phenoxy) is 1. The Balaban J connectivity index is 1.06. The van der Waals surface area contributed by atoms with Crippen LogP contribution in [0.4, 0.5) is 21.4 Å². The summed E-state index contributed by atoms with van der Waals surface area (Å²) in [7, 11) is 0. The van der Waals surface area contributed by atoms with Gasteiger partial charge in [-0.05, 0) is 38.1 Å². The number of fused-ring (bicyclic) bond motifs is 1. The molecule has 2 aliphatic rings. The molecule has 3 aromatic rings. The van der Waals surface area contributed by atoms with E-state index in [1.165, 1.54) is 24.2 Å². The number of rotatable bonds is 10. The van der Waals surface area contributed by atoms with E-state index in [1.54, 1.807) is 24.3 Å². The number of nitrogens with zero attached hydrogens (tertiary/aromatic N) is 4. The monoisotopic (exact) mass is 511 g/mol. The van der Waals surface area contributed by atoms with Gasteiger partial charge in [0, 0.05) is 54.5 Å². The third-order valence-electron chi connectivity index (χ3n) is 5.87. The van der Waals surface area contributed by atoms with Crippen LogP contribution < -0.4 is 20.7 Å². The van der Waals surface area contributed by atoms with Gasteiger partial charge in [0.1, 0.15) is 24.5 Å². The van der Waals surface area contributed by atoms with Crippen LogP contribution in [0, 0.1) is 0 Å². The van der Waals surface area contributed by atoms with Gasteiger partial charge >= 0.3 is 6.03 Å². The zero-order chi connectivity index (χ0) is 23.9. The Morgan fingerprint density at radius 1 is 1.14 bits per heavy atom. The van der Waals surface area contributed by atoms with E-state index < -0.39 is 0 Å². The van der Waals surface area contributed by atoms with Crippen molar-refractivity contribution in [1.82, 2.24) is 19.9 Å². The predicted octanol–water partition coefficient (Wildman–Crippen LogP) is 4.35. The van der Waals surface area contributed by atoms with Crippen LogP contribution in [-0.4, -0.2) is 64.4 Å². The van der Waals surface area contributed by atoms with Crippen molar-refractivity contribution in [3.8, 4) is 5.75 Å². The third kappa shape index (κ3) is 6.62. The number of hydrogen-bond donors (Lipinski definition) is 3. The average Bonchev–Trinajstić information content (AvgIpc) is 3.62. The van der Waals surface area contributed by atoms with E-state index >= 15 is 0 Å². The van der Waals surface area contributed by atoms with Crippen LogP contribution in [0.3, 0.4) is 0 Å². The standard InChI is InChI=1S/C24H29N7O2S2/c32-23(29-17-4-3-5-18(14-17)33-12-11-31-9-1-2-10-31)30-24-26-15-19(35-24)6-8-25-22-21-20(7-13-34-21)27-16-28-22/h3-5,14-16H,1-2,6-13H2,(H,25,27,28)(H2,26,29,30,32). The van der Waals surface area contributed by atoms with Gasteiger partial charge in [-0.25, -0.2) is 19.7 Å². The van der Waals surface area contributed by atoms with E-state index in [0.717, 1.165) is 71.8 Å². The van der Waals surface area contributed by atoms with Crippen LogP contribution >= 0.6 is 23.1 Å². The van der Waals surface area contributed by atoms with Crippen LogP contribution in [0.15, 0.2) is 41.7 Å². The maximum atomic E-state index is 12.5. The highest BCUT2D eigenvalue weighted by atomic mass is 32.2. The lowest BCUT2D eigenvalue weighted by molar-refractivity contribution is 0.238. The van der Waals surface area contributed by atoms with Gasteiger partial charge in [0.05, 0.1) is 10.6 Å². The molecule has 0 aliphatic carbocycles. The van der Waals surface area contributed by atoms with Gasteiger partial charge in [-0.15, -0.1) is 23.1 Å². The van der Waals surface area contributed by atoms with Crippen LogP contribution in [0.5, 0.6) is 5.75 Å². The van der Waals surface area contributed by atoms with Crippen LogP contribution in [0.1, 0.15) is 23.4 Å². The summed E-state index contributed by atoms with van der Waals surface area (Å²) < 4.78 is 5.87. The average molecular weight is 512 g/mol. The Labute approximate surface area is 213 Å². The molecule has 0 radical (unpaired) electrons. The number of thiazole rings is 1. The van der Waals surface area contributed by atoms with Gasteiger partial charge in [0.2, 0.25) is 0 Å². The highest BCUT2D eigenvalue weighted by Gasteiger charge is 2.17. The molecular formula is C24H29N7O2S2. The quantitative estimate of drug-likeness (QED) is 0.369. The zero-order valence-corrected chi connectivity index (χ0v) is 21.1. The molecule has 0 bridgehead atoms. The minimum atomic E-state index is -0.327. The second-order valence-electron chi connectivity index (χ2n) is 8.41. The number of anilines is 3. The first kappa shape index (κ1) is 23.8. The third-order valence-corrected chi connectivity index (χ3v) is 7.97. The molecule has 1 fully saturated rings. The largest absolute Gasteiger partial charge is 0.492 e. The van der Waals surface area contributed by atoms with Gasteiger partial charge < -0.3 is 15.4 Å². The van der Waals surface area contributed by atoms with E-state index in [9.17, 15) is 4.79 Å². The maximum Gasteiger partial charge on any atom is 0.325 e. The highest BCUT2D eigenvalue weighted by molar-refractivity contribution is 7.99. The van der Waals surface area contributed by atoms with Gasteiger partial charge in [0.15, 0.2) is 5.13 Å². The summed E-state index contributed by atoms with van der Waals surface area (Å²) in [6, 6.07) is 7.13. The van der Waals surface area contributed by atoms with E-state index in [1.807, 2.05) is 24.3 Å². The lowest BCUT2D eigenvalue weighted by Crippen LogP contribution is -2.25. The van der Waals surface area contributed by atoms with Crippen LogP contribution in [0.25, 0.3) is 0 Å². The number of amides is 2. The van der Waals surface area contributed by atoms with E-state index in [0.29, 0.717) is 17.4 Å². The molecule has 0 spiro atoms. The Morgan fingerprint density at radius 3 is 2.97 bits per heavy atom. The summed E-state index contributed by atoms with van der Waals surface area (Å²) in [6.45, 7) is 4.62. The minimum Gasteiger partial charge on any atom is -0.492 e. The van der Waals surface area contributed by atoms with Crippen molar-refractivity contribution in [3.63, 3.8) is 0 Å². The van der Waals surface area contributed by atoms with Gasteiger partial charge in [-0.3, -0.25) is 10.2 Å². The number of aryl methyl sites for hydroxylation is 1. The number of hydrogen-bond acceptors (Lipinski definition) is 9. The number of carbonyl (C=O) groups excluding carboxylic acids is 1. The molecule has 0 unspecified atom stereocenters. The molecule has 2 aromatic heterocycles. The first-order valence-electron chi connectivity index (χ1n) is 11.9. The van der Waals surface area contributed by atoms with Crippen molar-refractivity contribution < 1.29 is 9.53 Å². The maximum absolute atomic E-state index is 12.5. The number of likely N-dealkylation sites (tertiary alicyclic amines) is 1. The predicted molar refractivity (Wildman–Crippen MR) is 141 cm³/mol. The van der Waals surface area contributed by atoms with E-state index in [-0.39, 0.29) is 6.03 Å². The van der Waals surface area contributed by atoms with E-state index in [2.05, 4.69) is 35.8 Å². The molecule has 0 saturated carbocycles. The van der Waals surface area contributed by atoms with E-state index in [4.69, 9.17) is 4.74 Å². The number of carbonyl (C=O) groups is 1. The molecule has 35 heavy (non-hydrogen) atoms. The number of thioether (sulfide) groups is 1. The molecule has 2 amide bonds. The van der Waals surface area contributed by atoms with Crippen molar-refractivity contribution in [2.45, 2.75) is 30.6 Å². The normalized spacial score (nSPS) is 15.1. The molecule has 5 rings (SSSR count). The summed E-state index contributed by atoms with van der Waals surface area (Å²) in [6.07, 6.45) is 7.76. The molecule has 4 heterocycles. The van der Waals surface area contributed by atoms with Crippen molar-refractivity contribution in [1.29, 1.82) is 0 Å². The lowest BCUT2D eigenvalue weighted by Gasteiger charge is -2.15. The molecule has 0 atom stereocenters. The summed E-state index contributed by atoms with van der Waals surface area (Å²) in [4.78, 5) is 30.2. The van der Waals surface area contributed by atoms with Crippen molar-refractivity contribution in [3.05, 3.63) is 47.4 Å². The Bertz CT molecular complexity index is 1150. The first-order chi connectivity index (χ1) is 17.2. The number of aromatic nitrogens is 3. The molecule has 184 valence electrons. The van der Waals surface area contributed by atoms with Crippen molar-refractivity contribution in [2.75, 3.05) is 54.5 Å². The highest BCUT2D eigenvalue weighted by Crippen LogP contribution is 2.34. The first-order valence-corrected chi connectivity index (χ1v) is 13.7. The van der Waals surface area contributed by atoms with Gasteiger partial charge in [0.25, 0.3) is 0 Å². The number of benzene rings is 1. The number of urea groups is 1. The fourth-order valence-electron chi connectivity index (χ4n) is 4.12. The molecule has 1 saturated heterocycles. The minimum absolute atomic E-state index is 0.327. The topological polar surface area (TPSA) is 104 Å². The summed E-state index contributed by atoms with van der Waals surface area (Å²) in [5.41, 5.74) is 1.80. The van der Waals surface area contributed by atoms with Crippen LogP contribution in [-0.2, 0) is 12.8 Å². The van der Waals surface area contributed by atoms with Crippen LogP contribution in [0.2, 0.25) is 0 Å². The molecular weight excluding hydrogens is 482 g/mol. The Morgan fingerprint density at radius 2 is 2.06 bits per heavy atom. The fourth-order valence-corrected chi connectivity index (χ4v) is 6.01. The van der Waals surface area contributed by atoms with Gasteiger partial charge in [-0.2, -0.15) is 0 Å². The van der Waals surface area contributed by atoms with Crippen molar-refractivity contribution in [2.24, 2.45) is 0 Å². The second kappa shape index (κ2) is 11.7. The summed E-state index contributed by atoms with van der Waals surface area (Å²) in [5, 5.41) is 9.64. The zero-order valence-electron chi connectivity index (χ0n) is 19.5. The molecule has 1 aromatic carbocycles. The smallest absolute Gasteiger partial charge is 0.325 e. The molecule has 3 N–H and O–H groups in total. The Hall–Kier alpha value is -2.89. The molecule has 9 nitrogen and oxygen atoms in total. The van der Waals surface area contributed by atoms with Crippen molar-refractivity contribution >= 4 is 45.8 Å². The second-order valence-corrected chi connectivity index (χ2v) is 10.6. The lowest BCUT2D eigenvalue weighted by atomic mass is 10.3. The molecule has 11 heteroatoms. The number of nitrogens with one attached hydrogen (secondary N) is 3. The molecule has 2 aliphatic heterocycles. The summed E-state index contributed by atoms with van der Waals surface area (Å²) >= 11 is 3.27. The summed E-state index contributed by atoms with van der Waals surface area (Å²) in [5.74, 6) is 2.71. The van der Waals surface area contributed by atoms with Gasteiger partial charge in [-0.1, -0.05) is 6.07 Å². The Kier molecular flexibility index (Phi) is 7.96. The fraction of sp³-hybridized carbons (Fsp3) is 0.417.